The van der Waals surface area contributed by atoms with Crippen LogP contribution in [0.25, 0.3) is 0 Å². The molecule has 0 radical (unpaired) electrons. The summed E-state index contributed by atoms with van der Waals surface area (Å²) in [5, 5.41) is 15.2. The number of ether oxygens (including phenoxy) is 1. The lowest BCUT2D eigenvalue weighted by molar-refractivity contribution is -0.123. The predicted octanol–water partition coefficient (Wildman–Crippen LogP) is 0.838. The zero-order valence-corrected chi connectivity index (χ0v) is 11.9. The molecule has 0 spiro atoms. The minimum atomic E-state index is -0.322. The number of hydrogen-bond acceptors (Lipinski definition) is 6. The van der Waals surface area contributed by atoms with Crippen LogP contribution in [0.5, 0.6) is 0 Å². The Morgan fingerprint density at radius 3 is 3.00 bits per heavy atom. The van der Waals surface area contributed by atoms with Crippen molar-refractivity contribution in [2.24, 2.45) is 0 Å². The molecule has 2 N–H and O–H groups in total. The molecule has 0 saturated carbocycles. The molecule has 0 aromatic carbocycles. The number of nitrogens with zero attached hydrogens (tertiary/aromatic N) is 2. The third kappa shape index (κ3) is 3.61. The monoisotopic (exact) mass is 292 g/mol. The molecule has 2 rings (SSSR count). The summed E-state index contributed by atoms with van der Waals surface area (Å²) >= 11 is 1.40. The van der Waals surface area contributed by atoms with Crippen LogP contribution in [0.2, 0.25) is 0 Å². The van der Waals surface area contributed by atoms with Gasteiger partial charge in [-0.05, 0) is 13.3 Å². The van der Waals surface area contributed by atoms with Crippen molar-refractivity contribution in [2.75, 3.05) is 18.5 Å². The molecule has 2 atom stereocenters. The van der Waals surface area contributed by atoms with Gasteiger partial charge in [-0.15, -0.1) is 22.6 Å². The van der Waals surface area contributed by atoms with E-state index in [2.05, 4.69) is 20.8 Å². The molecule has 0 bridgehead atoms. The summed E-state index contributed by atoms with van der Waals surface area (Å²) in [6, 6.07) is -0.322. The molecule has 1 aromatic heterocycles. The van der Waals surface area contributed by atoms with Gasteiger partial charge in [0, 0.05) is 6.54 Å². The first kappa shape index (κ1) is 15.3. The molecular formula is C10H17ClN4O2S. The van der Waals surface area contributed by atoms with Crippen molar-refractivity contribution in [2.45, 2.75) is 32.4 Å². The van der Waals surface area contributed by atoms with E-state index in [9.17, 15) is 4.79 Å². The van der Waals surface area contributed by atoms with Gasteiger partial charge in [-0.3, -0.25) is 10.1 Å². The first-order valence-corrected chi connectivity index (χ1v) is 6.50. The molecule has 1 aliphatic rings. The highest BCUT2D eigenvalue weighted by atomic mass is 35.5. The van der Waals surface area contributed by atoms with E-state index in [-0.39, 0.29) is 30.5 Å². The number of morpholine rings is 1. The highest BCUT2D eigenvalue weighted by Gasteiger charge is 2.28. The van der Waals surface area contributed by atoms with Crippen LogP contribution in [-0.2, 0) is 16.0 Å². The van der Waals surface area contributed by atoms with Gasteiger partial charge in [0.2, 0.25) is 11.0 Å². The lowest BCUT2D eigenvalue weighted by Gasteiger charge is -2.28. The molecule has 8 heteroatoms. The normalized spacial score (nSPS) is 23.2. The number of carbonyl (C=O) groups is 1. The van der Waals surface area contributed by atoms with E-state index in [0.29, 0.717) is 18.3 Å². The quantitative estimate of drug-likeness (QED) is 0.863. The van der Waals surface area contributed by atoms with Gasteiger partial charge in [0.05, 0.1) is 12.7 Å². The van der Waals surface area contributed by atoms with Crippen molar-refractivity contribution >= 4 is 34.8 Å². The SMILES string of the molecule is CCc1nnc(NC(=O)[C@H]2NCCO[C@@H]2C)s1.Cl. The van der Waals surface area contributed by atoms with Crippen LogP contribution in [-0.4, -0.2) is 41.4 Å². The van der Waals surface area contributed by atoms with Gasteiger partial charge < -0.3 is 10.1 Å². The topological polar surface area (TPSA) is 76.1 Å². The van der Waals surface area contributed by atoms with Gasteiger partial charge in [-0.1, -0.05) is 18.3 Å². The number of carbonyl (C=O) groups excluding carboxylic acids is 1. The van der Waals surface area contributed by atoms with Gasteiger partial charge in [-0.25, -0.2) is 0 Å². The zero-order chi connectivity index (χ0) is 12.3. The number of aromatic nitrogens is 2. The zero-order valence-electron chi connectivity index (χ0n) is 10.3. The van der Waals surface area contributed by atoms with E-state index in [1.165, 1.54) is 11.3 Å². The first-order chi connectivity index (χ1) is 8.20. The smallest absolute Gasteiger partial charge is 0.246 e. The van der Waals surface area contributed by atoms with Crippen molar-refractivity contribution in [1.82, 2.24) is 15.5 Å². The Morgan fingerprint density at radius 1 is 1.61 bits per heavy atom. The van der Waals surface area contributed by atoms with Crippen molar-refractivity contribution < 1.29 is 9.53 Å². The van der Waals surface area contributed by atoms with E-state index < -0.39 is 0 Å². The van der Waals surface area contributed by atoms with Gasteiger partial charge in [0.25, 0.3) is 0 Å². The maximum Gasteiger partial charge on any atom is 0.246 e. The van der Waals surface area contributed by atoms with E-state index in [4.69, 9.17) is 4.74 Å². The number of rotatable bonds is 3. The Kier molecular flexibility index (Phi) is 5.94. The second kappa shape index (κ2) is 6.98. The van der Waals surface area contributed by atoms with Crippen molar-refractivity contribution in [3.05, 3.63) is 5.01 Å². The molecular weight excluding hydrogens is 276 g/mol. The second-order valence-electron chi connectivity index (χ2n) is 3.85. The summed E-state index contributed by atoms with van der Waals surface area (Å²) < 4.78 is 5.42. The fourth-order valence-electron chi connectivity index (χ4n) is 1.66. The molecule has 0 unspecified atom stereocenters. The third-order valence-electron chi connectivity index (χ3n) is 2.60. The molecule has 2 heterocycles. The van der Waals surface area contributed by atoms with Gasteiger partial charge >= 0.3 is 0 Å². The number of halogens is 1. The Bertz CT molecular complexity index is 401. The van der Waals surface area contributed by atoms with Crippen LogP contribution in [0.15, 0.2) is 0 Å². The average Bonchev–Trinajstić information content (AvgIpc) is 2.77. The Balaban J connectivity index is 0.00000162. The number of hydrogen-bond donors (Lipinski definition) is 2. The van der Waals surface area contributed by atoms with Crippen LogP contribution >= 0.6 is 23.7 Å². The highest BCUT2D eigenvalue weighted by molar-refractivity contribution is 7.15. The van der Waals surface area contributed by atoms with Crippen LogP contribution in [0.3, 0.4) is 0 Å². The molecule has 1 fully saturated rings. The largest absolute Gasteiger partial charge is 0.375 e. The molecule has 102 valence electrons. The van der Waals surface area contributed by atoms with Crippen molar-refractivity contribution in [3.8, 4) is 0 Å². The third-order valence-corrected chi connectivity index (χ3v) is 3.58. The Hall–Kier alpha value is -0.760. The maximum absolute atomic E-state index is 12.0. The number of anilines is 1. The minimum Gasteiger partial charge on any atom is -0.375 e. The number of nitrogens with one attached hydrogen (secondary N) is 2. The van der Waals surface area contributed by atoms with E-state index in [1.54, 1.807) is 0 Å². The molecule has 1 amide bonds. The standard InChI is InChI=1S/C10H16N4O2S.ClH/c1-3-7-13-14-10(17-7)12-9(15)8-6(2)16-5-4-11-8;/h6,8,11H,3-5H2,1-2H3,(H,12,14,15);1H/t6-,8+;/m1./s1. The summed E-state index contributed by atoms with van der Waals surface area (Å²) in [4.78, 5) is 12.0. The van der Waals surface area contributed by atoms with Gasteiger partial charge in [-0.2, -0.15) is 0 Å². The van der Waals surface area contributed by atoms with Gasteiger partial charge in [0.1, 0.15) is 11.0 Å². The second-order valence-corrected chi connectivity index (χ2v) is 4.91. The lowest BCUT2D eigenvalue weighted by Crippen LogP contribution is -2.53. The van der Waals surface area contributed by atoms with Gasteiger partial charge in [0.15, 0.2) is 0 Å². The van der Waals surface area contributed by atoms with E-state index >= 15 is 0 Å². The molecule has 1 saturated heterocycles. The molecule has 18 heavy (non-hydrogen) atoms. The summed E-state index contributed by atoms with van der Waals surface area (Å²) in [7, 11) is 0. The summed E-state index contributed by atoms with van der Waals surface area (Å²) in [5.74, 6) is -0.115. The summed E-state index contributed by atoms with van der Waals surface area (Å²) in [6.45, 7) is 5.22. The average molecular weight is 293 g/mol. The Morgan fingerprint density at radius 2 is 2.39 bits per heavy atom. The van der Waals surface area contributed by atoms with E-state index in [1.807, 2.05) is 13.8 Å². The summed E-state index contributed by atoms with van der Waals surface area (Å²) in [6.07, 6.45) is 0.705. The van der Waals surface area contributed by atoms with Crippen LogP contribution in [0, 0.1) is 0 Å². The highest BCUT2D eigenvalue weighted by Crippen LogP contribution is 2.16. The predicted molar refractivity (Wildman–Crippen MR) is 72.4 cm³/mol. The number of aryl methyl sites for hydroxylation is 1. The number of amides is 1. The molecule has 0 aliphatic carbocycles. The minimum absolute atomic E-state index is 0. The van der Waals surface area contributed by atoms with Crippen LogP contribution < -0.4 is 10.6 Å². The fraction of sp³-hybridized carbons (Fsp3) is 0.700. The first-order valence-electron chi connectivity index (χ1n) is 5.69. The lowest BCUT2D eigenvalue weighted by atomic mass is 10.1. The van der Waals surface area contributed by atoms with E-state index in [0.717, 1.165) is 11.4 Å². The van der Waals surface area contributed by atoms with Crippen LogP contribution in [0.1, 0.15) is 18.9 Å². The van der Waals surface area contributed by atoms with Crippen LogP contribution in [0.4, 0.5) is 5.13 Å². The molecule has 1 aromatic rings. The van der Waals surface area contributed by atoms with Crippen molar-refractivity contribution in [3.63, 3.8) is 0 Å². The molecule has 6 nitrogen and oxygen atoms in total. The maximum atomic E-state index is 12.0. The summed E-state index contributed by atoms with van der Waals surface area (Å²) in [5.41, 5.74) is 0. The molecule has 1 aliphatic heterocycles. The fourth-order valence-corrected chi connectivity index (χ4v) is 2.34. The Labute approximate surface area is 116 Å². The van der Waals surface area contributed by atoms with Crippen molar-refractivity contribution in [1.29, 1.82) is 0 Å².